The van der Waals surface area contributed by atoms with Gasteiger partial charge in [-0.15, -0.1) is 0 Å². The monoisotopic (exact) mass is 371 g/mol. The molecule has 1 fully saturated rings. The molecule has 0 aromatic carbocycles. The highest BCUT2D eigenvalue weighted by Crippen LogP contribution is 2.38. The quantitative estimate of drug-likeness (QED) is 0.628. The van der Waals surface area contributed by atoms with Gasteiger partial charge in [0.2, 0.25) is 0 Å². The number of amides is 1. The fourth-order valence-corrected chi connectivity index (χ4v) is 4.09. The Balaban J connectivity index is 2.37. The van der Waals surface area contributed by atoms with E-state index < -0.39 is 13.9 Å². The van der Waals surface area contributed by atoms with E-state index in [-0.39, 0.29) is 17.2 Å². The molecule has 1 atom stereocenters. The zero-order valence-electron chi connectivity index (χ0n) is 18.0. The first-order chi connectivity index (χ1) is 11.2. The Morgan fingerprint density at radius 1 is 1.08 bits per heavy atom. The van der Waals surface area contributed by atoms with Crippen LogP contribution in [-0.2, 0) is 9.16 Å². The van der Waals surface area contributed by atoms with Crippen LogP contribution in [0.3, 0.4) is 0 Å². The lowest BCUT2D eigenvalue weighted by atomic mass is 9.79. The maximum atomic E-state index is 11.9. The van der Waals surface area contributed by atoms with Crippen LogP contribution >= 0.6 is 0 Å². The first kappa shape index (κ1) is 22.5. The van der Waals surface area contributed by atoms with E-state index in [0.29, 0.717) is 11.8 Å². The van der Waals surface area contributed by atoms with Crippen molar-refractivity contribution >= 4 is 14.4 Å². The Morgan fingerprint density at radius 2 is 1.60 bits per heavy atom. The summed E-state index contributed by atoms with van der Waals surface area (Å²) < 4.78 is 11.8. The molecule has 4 nitrogen and oxygen atoms in total. The third-order valence-corrected chi connectivity index (χ3v) is 10.3. The molecule has 1 aliphatic carbocycles. The van der Waals surface area contributed by atoms with Gasteiger partial charge in [0, 0.05) is 12.6 Å². The molecular formula is C20H41NO3Si. The molecule has 5 heteroatoms. The van der Waals surface area contributed by atoms with Gasteiger partial charge in [-0.3, -0.25) is 0 Å². The molecule has 1 saturated carbocycles. The summed E-state index contributed by atoms with van der Waals surface area (Å²) in [6.45, 7) is 20.2. The highest BCUT2D eigenvalue weighted by molar-refractivity contribution is 6.74. The number of hydrogen-bond acceptors (Lipinski definition) is 3. The summed E-state index contributed by atoms with van der Waals surface area (Å²) in [6, 6.07) is 0.164. The van der Waals surface area contributed by atoms with Gasteiger partial charge in [-0.05, 0) is 83.3 Å². The Labute approximate surface area is 156 Å². The van der Waals surface area contributed by atoms with Gasteiger partial charge >= 0.3 is 6.09 Å². The molecule has 1 unspecified atom stereocenters. The molecule has 1 amide bonds. The van der Waals surface area contributed by atoms with Crippen molar-refractivity contribution in [2.75, 3.05) is 6.61 Å². The highest BCUT2D eigenvalue weighted by Gasteiger charge is 2.38. The minimum absolute atomic E-state index is 0.164. The third kappa shape index (κ3) is 7.69. The minimum Gasteiger partial charge on any atom is -0.444 e. The summed E-state index contributed by atoms with van der Waals surface area (Å²) in [5.74, 6) is 1.20. The van der Waals surface area contributed by atoms with Gasteiger partial charge < -0.3 is 14.5 Å². The first-order valence-corrected chi connectivity index (χ1v) is 12.8. The first-order valence-electron chi connectivity index (χ1n) is 9.85. The maximum Gasteiger partial charge on any atom is 0.407 e. The Morgan fingerprint density at radius 3 is 2.04 bits per heavy atom. The van der Waals surface area contributed by atoms with E-state index in [9.17, 15) is 4.79 Å². The van der Waals surface area contributed by atoms with Crippen LogP contribution in [0.1, 0.15) is 74.1 Å². The summed E-state index contributed by atoms with van der Waals surface area (Å²) in [5, 5.41) is 3.29. The van der Waals surface area contributed by atoms with Gasteiger partial charge in [0.25, 0.3) is 0 Å². The van der Waals surface area contributed by atoms with Crippen LogP contribution in [0.25, 0.3) is 0 Å². The van der Waals surface area contributed by atoms with Crippen LogP contribution in [0, 0.1) is 11.8 Å². The molecule has 0 heterocycles. The lowest BCUT2D eigenvalue weighted by Crippen LogP contribution is -2.44. The molecule has 148 valence electrons. The predicted molar refractivity (Wildman–Crippen MR) is 107 cm³/mol. The molecule has 25 heavy (non-hydrogen) atoms. The molecule has 0 aromatic rings. The Kier molecular flexibility index (Phi) is 7.58. The molecule has 1 rings (SSSR count). The van der Waals surface area contributed by atoms with Crippen LogP contribution in [0.2, 0.25) is 18.1 Å². The van der Waals surface area contributed by atoms with E-state index >= 15 is 0 Å². The standard InChI is InChI=1S/C20H41NO3Si/c1-15(21-18(22)24-19(2,3)4)17-12-10-16(11-13-17)14-23-25(8,9)20(5,6)7/h15-17H,10-14H2,1-9H3,(H,21,22). The molecule has 0 radical (unpaired) electrons. The summed E-state index contributed by atoms with van der Waals surface area (Å²) >= 11 is 0. The van der Waals surface area contributed by atoms with Crippen molar-refractivity contribution in [1.82, 2.24) is 5.32 Å². The van der Waals surface area contributed by atoms with Crippen LogP contribution in [-0.4, -0.2) is 32.7 Å². The number of alkyl carbamates (subject to hydrolysis) is 1. The molecule has 1 aliphatic rings. The molecule has 0 bridgehead atoms. The van der Waals surface area contributed by atoms with Crippen molar-refractivity contribution < 1.29 is 14.0 Å². The van der Waals surface area contributed by atoms with Crippen LogP contribution < -0.4 is 5.32 Å². The Bertz CT molecular complexity index is 429. The van der Waals surface area contributed by atoms with E-state index in [1.54, 1.807) is 0 Å². The number of carbonyl (C=O) groups is 1. The zero-order valence-corrected chi connectivity index (χ0v) is 19.0. The molecule has 1 N–H and O–H groups in total. The predicted octanol–water partition coefficient (Wildman–Crippen LogP) is 5.73. The van der Waals surface area contributed by atoms with Crippen LogP contribution in [0.15, 0.2) is 0 Å². The van der Waals surface area contributed by atoms with Gasteiger partial charge in [0.15, 0.2) is 8.32 Å². The van der Waals surface area contributed by atoms with Crippen molar-refractivity contribution in [3.05, 3.63) is 0 Å². The average Bonchev–Trinajstić information content (AvgIpc) is 2.42. The van der Waals surface area contributed by atoms with E-state index in [0.717, 1.165) is 19.4 Å². The minimum atomic E-state index is -1.65. The van der Waals surface area contributed by atoms with Gasteiger partial charge in [0.1, 0.15) is 5.60 Å². The van der Waals surface area contributed by atoms with Gasteiger partial charge in [0.05, 0.1) is 0 Å². The van der Waals surface area contributed by atoms with Crippen molar-refractivity contribution in [2.45, 2.75) is 104 Å². The number of nitrogens with one attached hydrogen (secondary N) is 1. The van der Waals surface area contributed by atoms with E-state index in [2.05, 4.69) is 46.1 Å². The van der Waals surface area contributed by atoms with Crippen LogP contribution in [0.5, 0.6) is 0 Å². The fourth-order valence-electron chi connectivity index (χ4n) is 3.01. The highest BCUT2D eigenvalue weighted by atomic mass is 28.4. The zero-order chi connectivity index (χ0) is 19.5. The second-order valence-corrected chi connectivity index (χ2v) is 15.1. The second kappa shape index (κ2) is 8.42. The largest absolute Gasteiger partial charge is 0.444 e. The summed E-state index contributed by atoms with van der Waals surface area (Å²) in [7, 11) is -1.65. The van der Waals surface area contributed by atoms with Crippen molar-refractivity contribution in [3.8, 4) is 0 Å². The third-order valence-electron chi connectivity index (χ3n) is 5.83. The lowest BCUT2D eigenvalue weighted by Gasteiger charge is -2.39. The molecule has 0 saturated heterocycles. The summed E-state index contributed by atoms with van der Waals surface area (Å²) in [4.78, 5) is 11.9. The molecule has 0 aliphatic heterocycles. The van der Waals surface area contributed by atoms with Crippen molar-refractivity contribution in [1.29, 1.82) is 0 Å². The van der Waals surface area contributed by atoms with E-state index in [1.165, 1.54) is 12.8 Å². The topological polar surface area (TPSA) is 47.6 Å². The molecule has 0 aromatic heterocycles. The number of carbonyl (C=O) groups excluding carboxylic acids is 1. The number of hydrogen-bond donors (Lipinski definition) is 1. The molecule has 0 spiro atoms. The van der Waals surface area contributed by atoms with Crippen LogP contribution in [0.4, 0.5) is 4.79 Å². The number of rotatable bonds is 5. The number of ether oxygens (including phenoxy) is 1. The van der Waals surface area contributed by atoms with Gasteiger partial charge in [-0.25, -0.2) is 4.79 Å². The maximum absolute atomic E-state index is 11.9. The normalized spacial score (nSPS) is 23.9. The fraction of sp³-hybridized carbons (Fsp3) is 0.950. The summed E-state index contributed by atoms with van der Waals surface area (Å²) in [5.41, 5.74) is -0.442. The van der Waals surface area contributed by atoms with Crippen molar-refractivity contribution in [3.63, 3.8) is 0 Å². The van der Waals surface area contributed by atoms with Gasteiger partial charge in [-0.1, -0.05) is 20.8 Å². The van der Waals surface area contributed by atoms with E-state index in [4.69, 9.17) is 9.16 Å². The summed E-state index contributed by atoms with van der Waals surface area (Å²) in [6.07, 6.45) is 4.40. The second-order valence-electron chi connectivity index (χ2n) is 10.3. The van der Waals surface area contributed by atoms with Gasteiger partial charge in [-0.2, -0.15) is 0 Å². The van der Waals surface area contributed by atoms with Crippen molar-refractivity contribution in [2.24, 2.45) is 11.8 Å². The molecular weight excluding hydrogens is 330 g/mol. The Hall–Kier alpha value is -0.553. The SMILES string of the molecule is CC(NC(=O)OC(C)(C)C)C1CCC(CO[Si](C)(C)C(C)(C)C)CC1. The average molecular weight is 372 g/mol. The lowest BCUT2D eigenvalue weighted by molar-refractivity contribution is 0.0476. The smallest absolute Gasteiger partial charge is 0.407 e. The van der Waals surface area contributed by atoms with E-state index in [1.807, 2.05) is 20.8 Å².